The van der Waals surface area contributed by atoms with Crippen molar-refractivity contribution in [1.82, 2.24) is 4.98 Å². The molecule has 0 unspecified atom stereocenters. The number of nitrogens with zero attached hydrogens (tertiary/aromatic N) is 2. The van der Waals surface area contributed by atoms with Crippen molar-refractivity contribution < 1.29 is 4.92 Å². The van der Waals surface area contributed by atoms with E-state index in [1.165, 1.54) is 6.07 Å². The number of hydrogen-bond acceptors (Lipinski definition) is 6. The summed E-state index contributed by atoms with van der Waals surface area (Å²) in [5.41, 5.74) is 8.70. The number of rotatable bonds is 6. The highest BCUT2D eigenvalue weighted by molar-refractivity contribution is 5.69. The highest BCUT2D eigenvalue weighted by Crippen LogP contribution is 2.39. The molecule has 4 N–H and O–H groups in total. The second-order valence-electron chi connectivity index (χ2n) is 7.02. The Morgan fingerprint density at radius 3 is 2.21 bits per heavy atom. The number of para-hydroxylation sites is 1. The summed E-state index contributed by atoms with van der Waals surface area (Å²) in [5, 5.41) is 17.6. The Hall–Kier alpha value is -3.45. The molecule has 7 nitrogen and oxygen atoms in total. The lowest BCUT2D eigenvalue weighted by atomic mass is 9.73. The predicted molar refractivity (Wildman–Crippen MR) is 110 cm³/mol. The SMILES string of the molecule is NC1(c2ccc(Nc3nc(Nc4ccccc4)ccc3[N+](=O)[O-])cc2)CCC1. The van der Waals surface area contributed by atoms with Crippen molar-refractivity contribution in [2.45, 2.75) is 24.8 Å². The maximum atomic E-state index is 11.4. The number of hydrogen-bond donors (Lipinski definition) is 3. The van der Waals surface area contributed by atoms with Crippen molar-refractivity contribution in [2.24, 2.45) is 5.73 Å². The topological polar surface area (TPSA) is 106 Å². The van der Waals surface area contributed by atoms with Gasteiger partial charge in [0.1, 0.15) is 5.82 Å². The Kier molecular flexibility index (Phi) is 4.67. The average Bonchev–Trinajstić information content (AvgIpc) is 2.67. The number of nitrogens with two attached hydrogens (primary N) is 1. The van der Waals surface area contributed by atoms with Crippen molar-refractivity contribution in [3.8, 4) is 0 Å². The van der Waals surface area contributed by atoms with E-state index in [2.05, 4.69) is 15.6 Å². The highest BCUT2D eigenvalue weighted by Gasteiger charge is 2.34. The van der Waals surface area contributed by atoms with Gasteiger partial charge in [-0.2, -0.15) is 0 Å². The summed E-state index contributed by atoms with van der Waals surface area (Å²) in [6.07, 6.45) is 3.12. The van der Waals surface area contributed by atoms with Crippen LogP contribution in [0, 0.1) is 10.1 Å². The molecule has 1 aromatic heterocycles. The van der Waals surface area contributed by atoms with Crippen LogP contribution in [0.1, 0.15) is 24.8 Å². The molecule has 7 heteroatoms. The van der Waals surface area contributed by atoms with E-state index in [0.29, 0.717) is 5.82 Å². The monoisotopic (exact) mass is 375 g/mol. The van der Waals surface area contributed by atoms with Crippen LogP contribution in [0.15, 0.2) is 66.7 Å². The summed E-state index contributed by atoms with van der Waals surface area (Å²) in [6.45, 7) is 0. The Labute approximate surface area is 162 Å². The first-order chi connectivity index (χ1) is 13.5. The summed E-state index contributed by atoms with van der Waals surface area (Å²) < 4.78 is 0. The van der Waals surface area contributed by atoms with Crippen molar-refractivity contribution in [3.63, 3.8) is 0 Å². The quantitative estimate of drug-likeness (QED) is 0.421. The first kappa shape index (κ1) is 17.9. The van der Waals surface area contributed by atoms with Gasteiger partial charge in [-0.3, -0.25) is 10.1 Å². The van der Waals surface area contributed by atoms with E-state index in [9.17, 15) is 10.1 Å². The summed E-state index contributed by atoms with van der Waals surface area (Å²) in [6, 6.07) is 20.3. The number of anilines is 4. The lowest BCUT2D eigenvalue weighted by Crippen LogP contribution is -2.43. The van der Waals surface area contributed by atoms with Crippen LogP contribution in [-0.2, 0) is 5.54 Å². The summed E-state index contributed by atoms with van der Waals surface area (Å²) in [5.74, 6) is 0.705. The first-order valence-corrected chi connectivity index (χ1v) is 9.17. The van der Waals surface area contributed by atoms with Gasteiger partial charge in [-0.15, -0.1) is 0 Å². The van der Waals surface area contributed by atoms with Gasteiger partial charge < -0.3 is 16.4 Å². The first-order valence-electron chi connectivity index (χ1n) is 9.17. The van der Waals surface area contributed by atoms with Gasteiger partial charge in [0.15, 0.2) is 0 Å². The summed E-state index contributed by atoms with van der Waals surface area (Å²) in [4.78, 5) is 15.4. The number of pyridine rings is 1. The lowest BCUT2D eigenvalue weighted by molar-refractivity contribution is -0.384. The Balaban J connectivity index is 1.58. The molecular weight excluding hydrogens is 354 g/mol. The standard InChI is InChI=1S/C21H21N5O2/c22-21(13-4-14-21)15-7-9-17(10-8-15)24-20-18(26(27)28)11-12-19(25-20)23-16-5-2-1-3-6-16/h1-3,5-12H,4,13-14,22H2,(H2,23,24,25). The van der Waals surface area contributed by atoms with Crippen LogP contribution < -0.4 is 16.4 Å². The van der Waals surface area contributed by atoms with Gasteiger partial charge >= 0.3 is 5.69 Å². The number of nitro groups is 1. The normalized spacial score (nSPS) is 14.8. The smallest absolute Gasteiger partial charge is 0.311 e. The minimum absolute atomic E-state index is 0.0861. The average molecular weight is 375 g/mol. The van der Waals surface area contributed by atoms with Crippen LogP contribution in [0.5, 0.6) is 0 Å². The Bertz CT molecular complexity index is 985. The molecule has 0 radical (unpaired) electrons. The molecule has 4 rings (SSSR count). The molecule has 0 saturated heterocycles. The van der Waals surface area contributed by atoms with Crippen LogP contribution in [0.3, 0.4) is 0 Å². The Morgan fingerprint density at radius 1 is 0.929 bits per heavy atom. The molecule has 1 saturated carbocycles. The maximum Gasteiger partial charge on any atom is 0.311 e. The van der Waals surface area contributed by atoms with Crippen LogP contribution >= 0.6 is 0 Å². The van der Waals surface area contributed by atoms with E-state index >= 15 is 0 Å². The third kappa shape index (κ3) is 3.65. The molecule has 0 spiro atoms. The number of aromatic nitrogens is 1. The fourth-order valence-electron chi connectivity index (χ4n) is 3.30. The van der Waals surface area contributed by atoms with Gasteiger partial charge in [-0.1, -0.05) is 30.3 Å². The second kappa shape index (κ2) is 7.28. The summed E-state index contributed by atoms with van der Waals surface area (Å²) in [7, 11) is 0. The lowest BCUT2D eigenvalue weighted by Gasteiger charge is -2.38. The zero-order valence-electron chi connectivity index (χ0n) is 15.3. The van der Waals surface area contributed by atoms with Crippen LogP contribution in [0.4, 0.5) is 28.7 Å². The molecule has 0 bridgehead atoms. The predicted octanol–water partition coefficient (Wildman–Crippen LogP) is 4.81. The van der Waals surface area contributed by atoms with Crippen LogP contribution in [0.25, 0.3) is 0 Å². The van der Waals surface area contributed by atoms with Gasteiger partial charge in [-0.25, -0.2) is 4.98 Å². The van der Waals surface area contributed by atoms with Gasteiger partial charge in [0.05, 0.1) is 4.92 Å². The zero-order chi connectivity index (χ0) is 19.6. The fraction of sp³-hybridized carbons (Fsp3) is 0.190. The third-order valence-electron chi connectivity index (χ3n) is 5.09. The zero-order valence-corrected chi connectivity index (χ0v) is 15.3. The minimum Gasteiger partial charge on any atom is -0.340 e. The molecule has 1 aliphatic carbocycles. The summed E-state index contributed by atoms with van der Waals surface area (Å²) >= 11 is 0. The molecule has 3 aromatic rings. The van der Waals surface area contributed by atoms with Gasteiger partial charge in [0.2, 0.25) is 5.82 Å². The van der Waals surface area contributed by atoms with Gasteiger partial charge in [0.25, 0.3) is 0 Å². The van der Waals surface area contributed by atoms with Crippen molar-refractivity contribution in [2.75, 3.05) is 10.6 Å². The van der Waals surface area contributed by atoms with E-state index in [-0.39, 0.29) is 17.0 Å². The molecule has 0 aliphatic heterocycles. The van der Waals surface area contributed by atoms with Crippen molar-refractivity contribution >= 4 is 28.7 Å². The van der Waals surface area contributed by atoms with E-state index in [1.54, 1.807) is 6.07 Å². The van der Waals surface area contributed by atoms with Crippen molar-refractivity contribution in [1.29, 1.82) is 0 Å². The van der Waals surface area contributed by atoms with E-state index < -0.39 is 4.92 Å². The van der Waals surface area contributed by atoms with Gasteiger partial charge in [0, 0.05) is 23.0 Å². The minimum atomic E-state index is -0.445. The van der Waals surface area contributed by atoms with Crippen LogP contribution in [0.2, 0.25) is 0 Å². The molecule has 2 aromatic carbocycles. The molecule has 142 valence electrons. The largest absolute Gasteiger partial charge is 0.340 e. The van der Waals surface area contributed by atoms with Gasteiger partial charge in [-0.05, 0) is 55.2 Å². The van der Waals surface area contributed by atoms with E-state index in [0.717, 1.165) is 36.2 Å². The molecule has 1 aliphatic rings. The highest BCUT2D eigenvalue weighted by atomic mass is 16.6. The van der Waals surface area contributed by atoms with Crippen LogP contribution in [-0.4, -0.2) is 9.91 Å². The van der Waals surface area contributed by atoms with E-state index in [1.807, 2.05) is 54.6 Å². The Morgan fingerprint density at radius 2 is 1.61 bits per heavy atom. The molecule has 28 heavy (non-hydrogen) atoms. The number of benzene rings is 2. The molecule has 0 amide bonds. The maximum absolute atomic E-state index is 11.4. The fourth-order valence-corrected chi connectivity index (χ4v) is 3.30. The second-order valence-corrected chi connectivity index (χ2v) is 7.02. The molecule has 0 atom stereocenters. The van der Waals surface area contributed by atoms with Crippen molar-refractivity contribution in [3.05, 3.63) is 82.4 Å². The molecule has 1 fully saturated rings. The third-order valence-corrected chi connectivity index (χ3v) is 5.09. The number of nitrogens with one attached hydrogen (secondary N) is 2. The molecular formula is C21H21N5O2. The van der Waals surface area contributed by atoms with E-state index in [4.69, 9.17) is 5.73 Å². The molecule has 1 heterocycles.